The monoisotopic (exact) mass is 253 g/mol. The van der Waals surface area contributed by atoms with Crippen molar-refractivity contribution in [3.05, 3.63) is 0 Å². The van der Waals surface area contributed by atoms with E-state index in [9.17, 15) is 0 Å². The lowest BCUT2D eigenvalue weighted by Gasteiger charge is -2.34. The second-order valence-corrected chi connectivity index (χ2v) is 6.16. The smallest absolute Gasteiger partial charge is 0.0731 e. The fourth-order valence-corrected chi connectivity index (χ4v) is 3.70. The molecule has 0 amide bonds. The molecule has 0 heterocycles. The largest absolute Gasteiger partial charge is 0.373 e. The van der Waals surface area contributed by atoms with Crippen LogP contribution < -0.4 is 5.32 Å². The zero-order chi connectivity index (χ0) is 12.8. The van der Waals surface area contributed by atoms with Gasteiger partial charge in [-0.05, 0) is 51.0 Å². The Morgan fingerprint density at radius 1 is 0.944 bits per heavy atom. The Bertz CT molecular complexity index is 231. The molecule has 1 N–H and O–H groups in total. The van der Waals surface area contributed by atoms with Crippen LogP contribution in [-0.2, 0) is 4.74 Å². The first-order valence-corrected chi connectivity index (χ1v) is 8.24. The number of ether oxygens (including phenoxy) is 1. The van der Waals surface area contributed by atoms with Crippen LogP contribution in [0.25, 0.3) is 0 Å². The van der Waals surface area contributed by atoms with E-state index >= 15 is 0 Å². The summed E-state index contributed by atoms with van der Waals surface area (Å²) in [5.74, 6) is 0.825. The molecule has 0 bridgehead atoms. The van der Waals surface area contributed by atoms with Crippen molar-refractivity contribution in [1.29, 1.82) is 0 Å². The van der Waals surface area contributed by atoms with Gasteiger partial charge >= 0.3 is 0 Å². The van der Waals surface area contributed by atoms with Gasteiger partial charge in [-0.1, -0.05) is 33.1 Å². The van der Waals surface area contributed by atoms with Gasteiger partial charge in [0.2, 0.25) is 0 Å². The van der Waals surface area contributed by atoms with Gasteiger partial charge in [0.15, 0.2) is 0 Å². The van der Waals surface area contributed by atoms with Crippen molar-refractivity contribution in [2.24, 2.45) is 5.92 Å². The summed E-state index contributed by atoms with van der Waals surface area (Å²) in [7, 11) is 0. The van der Waals surface area contributed by atoms with Gasteiger partial charge in [-0.15, -0.1) is 0 Å². The Balaban J connectivity index is 1.82. The molecule has 0 aromatic rings. The van der Waals surface area contributed by atoms with Gasteiger partial charge in [-0.3, -0.25) is 0 Å². The number of hydrogen-bond acceptors (Lipinski definition) is 2. The van der Waals surface area contributed by atoms with Gasteiger partial charge in [0.25, 0.3) is 0 Å². The molecule has 0 aliphatic heterocycles. The van der Waals surface area contributed by atoms with Crippen molar-refractivity contribution in [2.75, 3.05) is 6.54 Å². The molecule has 0 spiro atoms. The molecule has 0 radical (unpaired) electrons. The van der Waals surface area contributed by atoms with Crippen molar-refractivity contribution < 1.29 is 4.74 Å². The predicted molar refractivity (Wildman–Crippen MR) is 76.8 cm³/mol. The topological polar surface area (TPSA) is 21.3 Å². The standard InChI is InChI=1S/C16H31NO/c1-3-12-17-14-9-7-11-16(14)18-15-10-6-5-8-13(15)4-2/h13-17H,3-12H2,1-2H3. The molecule has 0 aromatic heterocycles. The van der Waals surface area contributed by atoms with Gasteiger partial charge in [0.1, 0.15) is 0 Å². The SMILES string of the molecule is CCCNC1CCCC1OC1CCCCC1CC. The van der Waals surface area contributed by atoms with Crippen molar-refractivity contribution >= 4 is 0 Å². The number of nitrogens with one attached hydrogen (secondary N) is 1. The van der Waals surface area contributed by atoms with E-state index in [1.807, 2.05) is 0 Å². The molecule has 2 saturated carbocycles. The average molecular weight is 253 g/mol. The lowest BCUT2D eigenvalue weighted by atomic mass is 9.84. The molecule has 2 rings (SSSR count). The third-order valence-corrected chi connectivity index (χ3v) is 4.82. The van der Waals surface area contributed by atoms with E-state index in [-0.39, 0.29) is 0 Å². The van der Waals surface area contributed by atoms with Crippen LogP contribution in [0.1, 0.15) is 71.6 Å². The van der Waals surface area contributed by atoms with Crippen LogP contribution in [0.3, 0.4) is 0 Å². The van der Waals surface area contributed by atoms with Gasteiger partial charge in [-0.25, -0.2) is 0 Å². The van der Waals surface area contributed by atoms with E-state index in [0.29, 0.717) is 18.2 Å². The van der Waals surface area contributed by atoms with Crippen molar-refractivity contribution in [2.45, 2.75) is 89.9 Å². The Labute approximate surface area is 113 Å². The maximum atomic E-state index is 6.50. The summed E-state index contributed by atoms with van der Waals surface area (Å²) in [6, 6.07) is 0.629. The maximum Gasteiger partial charge on any atom is 0.0731 e. The minimum absolute atomic E-state index is 0.494. The number of rotatable bonds is 6. The second kappa shape index (κ2) is 7.49. The van der Waals surface area contributed by atoms with E-state index in [2.05, 4.69) is 19.2 Å². The van der Waals surface area contributed by atoms with Crippen LogP contribution in [0.4, 0.5) is 0 Å². The van der Waals surface area contributed by atoms with Crippen molar-refractivity contribution in [3.8, 4) is 0 Å². The summed E-state index contributed by atoms with van der Waals surface area (Å²) in [4.78, 5) is 0. The summed E-state index contributed by atoms with van der Waals surface area (Å²) in [6.45, 7) is 5.71. The summed E-state index contributed by atoms with van der Waals surface area (Å²) < 4.78 is 6.50. The molecule has 18 heavy (non-hydrogen) atoms. The normalized spacial score (nSPS) is 37.0. The predicted octanol–water partition coefficient (Wildman–Crippen LogP) is 3.89. The van der Waals surface area contributed by atoms with Crippen LogP contribution >= 0.6 is 0 Å². The lowest BCUT2D eigenvalue weighted by Crippen LogP contribution is -2.41. The Hall–Kier alpha value is -0.0800. The molecule has 2 fully saturated rings. The maximum absolute atomic E-state index is 6.50. The highest BCUT2D eigenvalue weighted by atomic mass is 16.5. The van der Waals surface area contributed by atoms with Crippen LogP contribution in [0.15, 0.2) is 0 Å². The summed E-state index contributed by atoms with van der Waals surface area (Å²) in [5, 5.41) is 3.68. The third kappa shape index (κ3) is 3.71. The Morgan fingerprint density at radius 2 is 1.72 bits per heavy atom. The molecule has 2 aliphatic carbocycles. The van der Waals surface area contributed by atoms with Gasteiger partial charge in [0, 0.05) is 6.04 Å². The van der Waals surface area contributed by atoms with Crippen LogP contribution in [-0.4, -0.2) is 24.8 Å². The minimum atomic E-state index is 0.494. The minimum Gasteiger partial charge on any atom is -0.373 e. The van der Waals surface area contributed by atoms with Gasteiger partial charge in [-0.2, -0.15) is 0 Å². The molecule has 2 heteroatoms. The summed E-state index contributed by atoms with van der Waals surface area (Å²) >= 11 is 0. The lowest BCUT2D eigenvalue weighted by molar-refractivity contribution is -0.0667. The first kappa shape index (κ1) is 14.3. The van der Waals surface area contributed by atoms with Crippen LogP contribution in [0.2, 0.25) is 0 Å². The first-order valence-electron chi connectivity index (χ1n) is 8.24. The molecule has 2 nitrogen and oxygen atoms in total. The fourth-order valence-electron chi connectivity index (χ4n) is 3.70. The highest BCUT2D eigenvalue weighted by Crippen LogP contribution is 2.33. The molecule has 0 saturated heterocycles. The molecule has 0 aromatic carbocycles. The highest BCUT2D eigenvalue weighted by molar-refractivity contribution is 4.86. The zero-order valence-electron chi connectivity index (χ0n) is 12.3. The molecule has 106 valence electrons. The van der Waals surface area contributed by atoms with Crippen LogP contribution in [0.5, 0.6) is 0 Å². The van der Waals surface area contributed by atoms with E-state index < -0.39 is 0 Å². The molecule has 4 atom stereocenters. The molecule has 4 unspecified atom stereocenters. The molecular weight excluding hydrogens is 222 g/mol. The van der Waals surface area contributed by atoms with Gasteiger partial charge < -0.3 is 10.1 Å². The summed E-state index contributed by atoms with van der Waals surface area (Å²) in [5.41, 5.74) is 0. The van der Waals surface area contributed by atoms with E-state index in [1.54, 1.807) is 0 Å². The van der Waals surface area contributed by atoms with E-state index in [1.165, 1.54) is 57.8 Å². The van der Waals surface area contributed by atoms with Crippen molar-refractivity contribution in [1.82, 2.24) is 5.32 Å². The molecular formula is C16H31NO. The number of hydrogen-bond donors (Lipinski definition) is 1. The van der Waals surface area contributed by atoms with Gasteiger partial charge in [0.05, 0.1) is 12.2 Å². The molecule has 2 aliphatic rings. The fraction of sp³-hybridized carbons (Fsp3) is 1.00. The zero-order valence-corrected chi connectivity index (χ0v) is 12.3. The van der Waals surface area contributed by atoms with E-state index in [4.69, 9.17) is 4.74 Å². The summed E-state index contributed by atoms with van der Waals surface area (Å²) in [6.07, 6.45) is 13.0. The second-order valence-electron chi connectivity index (χ2n) is 6.16. The van der Waals surface area contributed by atoms with E-state index in [0.717, 1.165) is 12.5 Å². The quantitative estimate of drug-likeness (QED) is 0.775. The third-order valence-electron chi connectivity index (χ3n) is 4.82. The Kier molecular flexibility index (Phi) is 5.97. The highest BCUT2D eigenvalue weighted by Gasteiger charge is 2.33. The Morgan fingerprint density at radius 3 is 2.50 bits per heavy atom. The van der Waals surface area contributed by atoms with Crippen molar-refractivity contribution in [3.63, 3.8) is 0 Å². The first-order chi connectivity index (χ1) is 8.85. The van der Waals surface area contributed by atoms with Crippen LogP contribution in [0, 0.1) is 5.92 Å². The average Bonchev–Trinajstić information content (AvgIpc) is 2.84.